The van der Waals surface area contributed by atoms with Crippen LogP contribution in [0.3, 0.4) is 0 Å². The standard InChI is InChI=1S/C27H27FN4O3S/c1-17-29-21(16-36-17)15-30(2)25(33)19-7-5-11-31(14-19)23-10-4-9-22-24(23)27(35)32(26(22)34)13-18-6-3-8-20(28)12-18/h3-4,6,8-10,12,16,19H,5,7,11,13-15H2,1-2H3/t19-/m0/s1. The van der Waals surface area contributed by atoms with Gasteiger partial charge in [0.15, 0.2) is 0 Å². The van der Waals surface area contributed by atoms with Gasteiger partial charge in [0.25, 0.3) is 11.8 Å². The first-order valence-corrected chi connectivity index (χ1v) is 12.8. The second-order valence-corrected chi connectivity index (χ2v) is 10.4. The molecule has 0 bridgehead atoms. The number of hydrogen-bond acceptors (Lipinski definition) is 6. The van der Waals surface area contributed by atoms with Crippen molar-refractivity contribution >= 4 is 34.7 Å². The van der Waals surface area contributed by atoms with Gasteiger partial charge < -0.3 is 9.80 Å². The number of rotatable bonds is 6. The molecule has 2 aliphatic heterocycles. The Morgan fingerprint density at radius 3 is 2.75 bits per heavy atom. The number of carbonyl (C=O) groups is 3. The number of hydrogen-bond donors (Lipinski definition) is 0. The Morgan fingerprint density at radius 1 is 1.19 bits per heavy atom. The van der Waals surface area contributed by atoms with E-state index >= 15 is 0 Å². The van der Waals surface area contributed by atoms with Crippen LogP contribution in [0.25, 0.3) is 0 Å². The molecule has 0 saturated carbocycles. The zero-order valence-electron chi connectivity index (χ0n) is 20.2. The minimum Gasteiger partial charge on any atom is -0.370 e. The van der Waals surface area contributed by atoms with Crippen molar-refractivity contribution in [1.29, 1.82) is 0 Å². The fraction of sp³-hybridized carbons (Fsp3) is 0.333. The number of amides is 3. The molecule has 0 N–H and O–H groups in total. The highest BCUT2D eigenvalue weighted by molar-refractivity contribution is 7.09. The van der Waals surface area contributed by atoms with Crippen LogP contribution in [0.1, 0.15) is 49.8 Å². The smallest absolute Gasteiger partial charge is 0.263 e. The number of aromatic nitrogens is 1. The highest BCUT2D eigenvalue weighted by Gasteiger charge is 2.39. The Hall–Kier alpha value is -3.59. The first kappa shape index (κ1) is 24.1. The first-order valence-electron chi connectivity index (χ1n) is 12.0. The minimum atomic E-state index is -0.413. The number of thiazole rings is 1. The largest absolute Gasteiger partial charge is 0.370 e. The van der Waals surface area contributed by atoms with Gasteiger partial charge in [-0.3, -0.25) is 19.3 Å². The summed E-state index contributed by atoms with van der Waals surface area (Å²) in [5, 5.41) is 2.94. The van der Waals surface area contributed by atoms with E-state index in [1.807, 2.05) is 23.3 Å². The van der Waals surface area contributed by atoms with Gasteiger partial charge in [0.1, 0.15) is 5.82 Å². The van der Waals surface area contributed by atoms with E-state index in [0.717, 1.165) is 23.5 Å². The van der Waals surface area contributed by atoms with Gasteiger partial charge in [-0.25, -0.2) is 9.37 Å². The number of imide groups is 1. The van der Waals surface area contributed by atoms with E-state index in [4.69, 9.17) is 0 Å². The zero-order valence-corrected chi connectivity index (χ0v) is 21.1. The fourth-order valence-corrected chi connectivity index (χ4v) is 5.66. The maximum Gasteiger partial charge on any atom is 0.263 e. The van der Waals surface area contributed by atoms with Crippen LogP contribution in [0.5, 0.6) is 0 Å². The van der Waals surface area contributed by atoms with E-state index in [0.29, 0.717) is 42.0 Å². The third kappa shape index (κ3) is 4.63. The lowest BCUT2D eigenvalue weighted by Crippen LogP contribution is -2.44. The number of fused-ring (bicyclic) bond motifs is 1. The van der Waals surface area contributed by atoms with Crippen LogP contribution in [-0.4, -0.2) is 52.6 Å². The lowest BCUT2D eigenvalue weighted by Gasteiger charge is -2.36. The molecule has 1 atom stereocenters. The quantitative estimate of drug-likeness (QED) is 0.467. The number of carbonyl (C=O) groups excluding carboxylic acids is 3. The van der Waals surface area contributed by atoms with E-state index in [1.165, 1.54) is 17.0 Å². The van der Waals surface area contributed by atoms with Gasteiger partial charge >= 0.3 is 0 Å². The molecular weight excluding hydrogens is 479 g/mol. The summed E-state index contributed by atoms with van der Waals surface area (Å²) in [4.78, 5) is 49.1. The van der Waals surface area contributed by atoms with Crippen LogP contribution in [0.2, 0.25) is 0 Å². The highest BCUT2D eigenvalue weighted by atomic mass is 32.1. The Morgan fingerprint density at radius 2 is 2.00 bits per heavy atom. The van der Waals surface area contributed by atoms with Crippen LogP contribution < -0.4 is 4.90 Å². The average Bonchev–Trinajstić information content (AvgIpc) is 3.39. The monoisotopic (exact) mass is 506 g/mol. The molecule has 3 amide bonds. The SMILES string of the molecule is Cc1nc(CN(C)C(=O)[C@H]2CCCN(c3cccc4c3C(=O)N(Cc3cccc(F)c3)C4=O)C2)cs1. The number of anilines is 1. The Bertz CT molecular complexity index is 1340. The summed E-state index contributed by atoms with van der Waals surface area (Å²) in [6.45, 7) is 3.58. The maximum absolute atomic E-state index is 13.7. The van der Waals surface area contributed by atoms with Crippen molar-refractivity contribution in [2.45, 2.75) is 32.9 Å². The Kier molecular flexibility index (Phi) is 6.57. The molecule has 0 unspecified atom stereocenters. The molecule has 1 fully saturated rings. The van der Waals surface area contributed by atoms with Crippen molar-refractivity contribution in [3.05, 3.63) is 81.1 Å². The number of piperidine rings is 1. The number of benzene rings is 2. The summed E-state index contributed by atoms with van der Waals surface area (Å²) in [7, 11) is 1.79. The van der Waals surface area contributed by atoms with Crippen LogP contribution in [-0.2, 0) is 17.9 Å². The summed E-state index contributed by atoms with van der Waals surface area (Å²) in [5.74, 6) is -1.35. The third-order valence-electron chi connectivity index (χ3n) is 6.76. The van der Waals surface area contributed by atoms with Crippen LogP contribution in [0.15, 0.2) is 47.8 Å². The molecule has 0 radical (unpaired) electrons. The van der Waals surface area contributed by atoms with Crippen molar-refractivity contribution < 1.29 is 18.8 Å². The van der Waals surface area contributed by atoms with Crippen molar-refractivity contribution in [1.82, 2.24) is 14.8 Å². The molecule has 1 saturated heterocycles. The second-order valence-electron chi connectivity index (χ2n) is 9.36. The Balaban J connectivity index is 1.34. The molecule has 186 valence electrons. The molecule has 9 heteroatoms. The molecule has 0 aliphatic carbocycles. The second kappa shape index (κ2) is 9.81. The van der Waals surface area contributed by atoms with Gasteiger partial charge in [0.2, 0.25) is 5.91 Å². The molecule has 2 aliphatic rings. The molecular formula is C27H27FN4O3S. The number of nitrogens with zero attached hydrogens (tertiary/aromatic N) is 4. The Labute approximate surface area is 213 Å². The van der Waals surface area contributed by atoms with E-state index in [-0.39, 0.29) is 30.2 Å². The van der Waals surface area contributed by atoms with Gasteiger partial charge in [-0.15, -0.1) is 11.3 Å². The summed E-state index contributed by atoms with van der Waals surface area (Å²) < 4.78 is 13.7. The predicted octanol–water partition coefficient (Wildman–Crippen LogP) is 4.26. The van der Waals surface area contributed by atoms with E-state index in [2.05, 4.69) is 4.98 Å². The van der Waals surface area contributed by atoms with Gasteiger partial charge in [-0.2, -0.15) is 0 Å². The summed E-state index contributed by atoms with van der Waals surface area (Å²) in [5.41, 5.74) is 2.80. The van der Waals surface area contributed by atoms with Crippen LogP contribution in [0, 0.1) is 18.7 Å². The number of aryl methyl sites for hydroxylation is 1. The fourth-order valence-electron chi connectivity index (χ4n) is 5.05. The molecule has 7 nitrogen and oxygen atoms in total. The van der Waals surface area contributed by atoms with Crippen LogP contribution in [0.4, 0.5) is 10.1 Å². The molecule has 1 aromatic heterocycles. The normalized spacial score (nSPS) is 17.5. The maximum atomic E-state index is 13.7. The van der Waals surface area contributed by atoms with E-state index in [9.17, 15) is 18.8 Å². The number of halogens is 1. The van der Waals surface area contributed by atoms with E-state index in [1.54, 1.807) is 47.5 Å². The van der Waals surface area contributed by atoms with Crippen molar-refractivity contribution in [2.24, 2.45) is 5.92 Å². The van der Waals surface area contributed by atoms with E-state index < -0.39 is 5.82 Å². The lowest BCUT2D eigenvalue weighted by molar-refractivity contribution is -0.135. The van der Waals surface area contributed by atoms with Crippen molar-refractivity contribution in [2.75, 3.05) is 25.0 Å². The predicted molar refractivity (Wildman–Crippen MR) is 135 cm³/mol. The zero-order chi connectivity index (χ0) is 25.4. The van der Waals surface area contributed by atoms with Gasteiger partial charge in [0, 0.05) is 25.5 Å². The van der Waals surface area contributed by atoms with Gasteiger partial charge in [-0.1, -0.05) is 18.2 Å². The molecule has 36 heavy (non-hydrogen) atoms. The average molecular weight is 507 g/mol. The summed E-state index contributed by atoms with van der Waals surface area (Å²) in [6.07, 6.45) is 1.57. The first-order chi connectivity index (χ1) is 17.3. The molecule has 5 rings (SSSR count). The van der Waals surface area contributed by atoms with Gasteiger partial charge in [-0.05, 0) is 49.6 Å². The van der Waals surface area contributed by atoms with Crippen molar-refractivity contribution in [3.8, 4) is 0 Å². The lowest BCUT2D eigenvalue weighted by atomic mass is 9.95. The molecule has 3 heterocycles. The van der Waals surface area contributed by atoms with Gasteiger partial charge in [0.05, 0.1) is 46.5 Å². The minimum absolute atomic E-state index is 0.00550. The summed E-state index contributed by atoms with van der Waals surface area (Å²) in [6, 6.07) is 11.2. The molecule has 2 aromatic carbocycles. The highest BCUT2D eigenvalue weighted by Crippen LogP contribution is 2.35. The third-order valence-corrected chi connectivity index (χ3v) is 7.58. The molecule has 3 aromatic rings. The summed E-state index contributed by atoms with van der Waals surface area (Å²) >= 11 is 1.56. The molecule has 0 spiro atoms. The van der Waals surface area contributed by atoms with Crippen molar-refractivity contribution in [3.63, 3.8) is 0 Å². The van der Waals surface area contributed by atoms with Crippen LogP contribution >= 0.6 is 11.3 Å². The topological polar surface area (TPSA) is 73.8 Å².